The molecule has 1 atom stereocenters. The highest BCUT2D eigenvalue weighted by Crippen LogP contribution is 2.31. The normalized spacial score (nSPS) is 12.4. The summed E-state index contributed by atoms with van der Waals surface area (Å²) in [7, 11) is 1.50. The number of halogens is 1. The first-order chi connectivity index (χ1) is 9.60. The van der Waals surface area contributed by atoms with E-state index in [9.17, 15) is 9.50 Å². The molecule has 0 aliphatic heterocycles. The molecule has 20 heavy (non-hydrogen) atoms. The zero-order valence-corrected chi connectivity index (χ0v) is 11.9. The summed E-state index contributed by atoms with van der Waals surface area (Å²) in [6.07, 6.45) is -0.180. The molecule has 0 aliphatic rings. The van der Waals surface area contributed by atoms with Crippen molar-refractivity contribution >= 4 is 0 Å². The fraction of sp³-hybridized carbons (Fsp3) is 0.400. The number of nitrogens with zero attached hydrogens (tertiary/aromatic N) is 2. The Kier molecular flexibility index (Phi) is 4.39. The summed E-state index contributed by atoms with van der Waals surface area (Å²) in [4.78, 5) is 0. The second-order valence-corrected chi connectivity index (χ2v) is 4.52. The molecule has 0 saturated carbocycles. The molecule has 0 fully saturated rings. The predicted molar refractivity (Wildman–Crippen MR) is 74.3 cm³/mol. The van der Waals surface area contributed by atoms with Crippen LogP contribution in [0.4, 0.5) is 4.39 Å². The lowest BCUT2D eigenvalue weighted by atomic mass is 10.0. The zero-order chi connectivity index (χ0) is 14.7. The van der Waals surface area contributed by atoms with Gasteiger partial charge < -0.3 is 9.84 Å². The first-order valence-corrected chi connectivity index (χ1v) is 6.68. The predicted octanol–water partition coefficient (Wildman–Crippen LogP) is 2.69. The molecule has 1 unspecified atom stereocenters. The Bertz CT molecular complexity index is 596. The molecule has 1 heterocycles. The Morgan fingerprint density at radius 3 is 2.70 bits per heavy atom. The fourth-order valence-corrected chi connectivity index (χ4v) is 2.21. The third-order valence-corrected chi connectivity index (χ3v) is 3.29. The summed E-state index contributed by atoms with van der Waals surface area (Å²) in [5.74, 6) is 0.0546. The highest BCUT2D eigenvalue weighted by Gasteiger charge is 2.21. The number of hydrogen-bond donors (Lipinski definition) is 1. The molecular formula is C15H19FN2O2. The number of benzene rings is 1. The number of aliphatic hydroxyl groups is 1. The smallest absolute Gasteiger partial charge is 0.125 e. The van der Waals surface area contributed by atoms with Crippen LogP contribution >= 0.6 is 0 Å². The van der Waals surface area contributed by atoms with Crippen molar-refractivity contribution in [2.75, 3.05) is 7.11 Å². The molecule has 2 aromatic rings. The Balaban J connectivity index is 2.47. The molecule has 0 saturated heterocycles. The van der Waals surface area contributed by atoms with Crippen LogP contribution in [0, 0.1) is 5.82 Å². The molecule has 1 N–H and O–H groups in total. The minimum absolute atomic E-state index is 0.405. The van der Waals surface area contributed by atoms with Crippen LogP contribution in [-0.4, -0.2) is 22.0 Å². The maximum Gasteiger partial charge on any atom is 0.125 e. The van der Waals surface area contributed by atoms with Gasteiger partial charge in [-0.25, -0.2) is 4.39 Å². The number of methoxy groups -OCH3 is 1. The molecule has 0 radical (unpaired) electrons. The van der Waals surface area contributed by atoms with Gasteiger partial charge in [-0.2, -0.15) is 5.10 Å². The molecule has 0 bridgehead atoms. The lowest BCUT2D eigenvalue weighted by Crippen LogP contribution is -2.10. The van der Waals surface area contributed by atoms with Crippen molar-refractivity contribution in [3.05, 3.63) is 47.0 Å². The Labute approximate surface area is 117 Å². The van der Waals surface area contributed by atoms with Crippen molar-refractivity contribution < 1.29 is 14.2 Å². The van der Waals surface area contributed by atoms with Crippen molar-refractivity contribution in [1.82, 2.24) is 9.78 Å². The molecule has 108 valence electrons. The summed E-state index contributed by atoms with van der Waals surface area (Å²) < 4.78 is 20.3. The van der Waals surface area contributed by atoms with E-state index >= 15 is 0 Å². The van der Waals surface area contributed by atoms with Crippen molar-refractivity contribution in [2.45, 2.75) is 32.9 Å². The first kappa shape index (κ1) is 14.5. The van der Waals surface area contributed by atoms with Crippen LogP contribution < -0.4 is 4.74 Å². The molecule has 0 aliphatic carbocycles. The summed E-state index contributed by atoms with van der Waals surface area (Å²) in [5.41, 5.74) is 1.95. The average Bonchev–Trinajstić information content (AvgIpc) is 2.89. The van der Waals surface area contributed by atoms with Gasteiger partial charge in [-0.3, -0.25) is 4.68 Å². The molecule has 1 aromatic carbocycles. The topological polar surface area (TPSA) is 47.3 Å². The van der Waals surface area contributed by atoms with Crippen molar-refractivity contribution in [3.63, 3.8) is 0 Å². The van der Waals surface area contributed by atoms with Crippen molar-refractivity contribution in [3.8, 4) is 5.75 Å². The highest BCUT2D eigenvalue weighted by molar-refractivity contribution is 5.39. The van der Waals surface area contributed by atoms with E-state index < -0.39 is 11.9 Å². The van der Waals surface area contributed by atoms with E-state index in [2.05, 4.69) is 5.10 Å². The van der Waals surface area contributed by atoms with Gasteiger partial charge in [-0.05, 0) is 37.6 Å². The van der Waals surface area contributed by atoms with E-state index in [1.165, 1.54) is 25.3 Å². The van der Waals surface area contributed by atoms with Crippen LogP contribution in [0.5, 0.6) is 5.75 Å². The third-order valence-electron chi connectivity index (χ3n) is 3.29. The van der Waals surface area contributed by atoms with Crippen molar-refractivity contribution in [1.29, 1.82) is 0 Å². The quantitative estimate of drug-likeness (QED) is 0.914. The molecule has 4 nitrogen and oxygen atoms in total. The van der Waals surface area contributed by atoms with Gasteiger partial charge in [0.25, 0.3) is 0 Å². The molecular weight excluding hydrogens is 259 g/mol. The molecule has 1 aromatic heterocycles. The van der Waals surface area contributed by atoms with Gasteiger partial charge in [0.05, 0.1) is 18.5 Å². The van der Waals surface area contributed by atoms with E-state index in [1.54, 1.807) is 4.68 Å². The summed E-state index contributed by atoms with van der Waals surface area (Å²) in [6.45, 7) is 4.59. The van der Waals surface area contributed by atoms with E-state index in [1.807, 2.05) is 19.9 Å². The number of rotatable bonds is 5. The number of ether oxygens (including phenoxy) is 1. The van der Waals surface area contributed by atoms with E-state index in [0.29, 0.717) is 23.6 Å². The Morgan fingerprint density at radius 1 is 1.35 bits per heavy atom. The molecule has 2 rings (SSSR count). The van der Waals surface area contributed by atoms with Gasteiger partial charge in [-0.1, -0.05) is 6.92 Å². The van der Waals surface area contributed by atoms with E-state index in [-0.39, 0.29) is 0 Å². The summed E-state index contributed by atoms with van der Waals surface area (Å²) in [5, 5.41) is 14.9. The molecule has 5 heteroatoms. The molecule has 0 spiro atoms. The van der Waals surface area contributed by atoms with Crippen LogP contribution in [0.15, 0.2) is 24.3 Å². The van der Waals surface area contributed by atoms with Crippen LogP contribution in [-0.2, 0) is 13.0 Å². The lowest BCUT2D eigenvalue weighted by Gasteiger charge is -2.16. The second-order valence-electron chi connectivity index (χ2n) is 4.52. The first-order valence-electron chi connectivity index (χ1n) is 6.68. The summed E-state index contributed by atoms with van der Waals surface area (Å²) in [6, 6.07) is 5.96. The van der Waals surface area contributed by atoms with Gasteiger partial charge in [-0.15, -0.1) is 0 Å². The van der Waals surface area contributed by atoms with Crippen LogP contribution in [0.25, 0.3) is 0 Å². The second kappa shape index (κ2) is 6.05. The van der Waals surface area contributed by atoms with Gasteiger partial charge in [0, 0.05) is 12.1 Å². The van der Waals surface area contributed by atoms with Crippen LogP contribution in [0.3, 0.4) is 0 Å². The maximum absolute atomic E-state index is 13.4. The van der Waals surface area contributed by atoms with Crippen LogP contribution in [0.2, 0.25) is 0 Å². The average molecular weight is 278 g/mol. The minimum atomic E-state index is -0.964. The van der Waals surface area contributed by atoms with Crippen molar-refractivity contribution in [2.24, 2.45) is 0 Å². The van der Waals surface area contributed by atoms with Gasteiger partial charge in [0.1, 0.15) is 17.7 Å². The molecule has 0 amide bonds. The highest BCUT2D eigenvalue weighted by atomic mass is 19.1. The number of aliphatic hydroxyl groups excluding tert-OH is 1. The minimum Gasteiger partial charge on any atom is -0.496 e. The largest absolute Gasteiger partial charge is 0.496 e. The third kappa shape index (κ3) is 2.67. The van der Waals surface area contributed by atoms with Gasteiger partial charge in [0.2, 0.25) is 0 Å². The number of hydrogen-bond acceptors (Lipinski definition) is 3. The van der Waals surface area contributed by atoms with Crippen LogP contribution in [0.1, 0.15) is 36.9 Å². The monoisotopic (exact) mass is 278 g/mol. The maximum atomic E-state index is 13.4. The zero-order valence-electron chi connectivity index (χ0n) is 11.9. The fourth-order valence-electron chi connectivity index (χ4n) is 2.21. The number of aryl methyl sites for hydroxylation is 2. The van der Waals surface area contributed by atoms with Gasteiger partial charge >= 0.3 is 0 Å². The lowest BCUT2D eigenvalue weighted by molar-refractivity contribution is 0.202. The Hall–Kier alpha value is -1.88. The van der Waals surface area contributed by atoms with E-state index in [4.69, 9.17) is 4.74 Å². The summed E-state index contributed by atoms with van der Waals surface area (Å²) >= 11 is 0. The Morgan fingerprint density at radius 2 is 2.10 bits per heavy atom. The SMILES string of the molecule is CCc1cc(C(O)c2cc(F)ccc2OC)n(CC)n1. The number of aromatic nitrogens is 2. The van der Waals surface area contributed by atoms with Gasteiger partial charge in [0.15, 0.2) is 0 Å². The standard InChI is InChI=1S/C15H19FN2O2/c1-4-11-9-13(18(5-2)17-11)15(19)12-8-10(16)6-7-14(12)20-3/h6-9,15,19H,4-5H2,1-3H3. The van der Waals surface area contributed by atoms with E-state index in [0.717, 1.165) is 12.1 Å².